The average molecular weight is 507 g/mol. The predicted octanol–water partition coefficient (Wildman–Crippen LogP) is 4.47. The van der Waals surface area contributed by atoms with E-state index >= 15 is 0 Å². The summed E-state index contributed by atoms with van der Waals surface area (Å²) in [7, 11) is 2.39. The summed E-state index contributed by atoms with van der Waals surface area (Å²) in [5.41, 5.74) is -0.358. The van der Waals surface area contributed by atoms with Crippen molar-refractivity contribution in [1.29, 1.82) is 0 Å². The number of carbonyl (C=O) groups is 3. The molecule has 9 heteroatoms. The van der Waals surface area contributed by atoms with E-state index in [1.54, 1.807) is 0 Å². The van der Waals surface area contributed by atoms with E-state index in [1.165, 1.54) is 52.2 Å². The number of amides is 1. The standard InChI is InChI=1S/C17H32N2O2.C10H10O5/c1-5-18(15-7-6-8-15)13-14-9-11-19(12-10-14)16(20)21-17(2,3)4;1-14-9(12)7-4-3-6(11)5-8(7)10(13)15-2/h14-15H,5-13H2,1-4H3;3-5,11H,1-2H3. The Bertz CT molecular complexity index is 885. The first-order chi connectivity index (χ1) is 17.0. The lowest BCUT2D eigenvalue weighted by Crippen LogP contribution is -2.46. The fraction of sp³-hybridized carbons (Fsp3) is 0.667. The van der Waals surface area contributed by atoms with Crippen LogP contribution in [-0.2, 0) is 14.2 Å². The van der Waals surface area contributed by atoms with Crippen LogP contribution in [0.15, 0.2) is 18.2 Å². The van der Waals surface area contributed by atoms with Crippen molar-refractivity contribution in [3.05, 3.63) is 29.3 Å². The molecule has 0 bridgehead atoms. The number of carbonyl (C=O) groups excluding carboxylic acids is 3. The Morgan fingerprint density at radius 3 is 2.06 bits per heavy atom. The fourth-order valence-corrected chi connectivity index (χ4v) is 4.34. The number of phenolic OH excluding ortho intramolecular Hbond substituents is 1. The third kappa shape index (κ3) is 8.69. The highest BCUT2D eigenvalue weighted by Gasteiger charge is 2.30. The number of esters is 2. The zero-order chi connectivity index (χ0) is 26.9. The van der Waals surface area contributed by atoms with E-state index in [0.29, 0.717) is 0 Å². The highest BCUT2D eigenvalue weighted by atomic mass is 16.6. The quantitative estimate of drug-likeness (QED) is 0.445. The van der Waals surface area contributed by atoms with Gasteiger partial charge >= 0.3 is 18.0 Å². The van der Waals surface area contributed by atoms with Gasteiger partial charge in [0.1, 0.15) is 11.4 Å². The molecule has 1 amide bonds. The van der Waals surface area contributed by atoms with Crippen molar-refractivity contribution in [3.8, 4) is 5.75 Å². The topological polar surface area (TPSA) is 106 Å². The summed E-state index contributed by atoms with van der Waals surface area (Å²) in [6, 6.07) is 4.57. The highest BCUT2D eigenvalue weighted by molar-refractivity contribution is 6.03. The van der Waals surface area contributed by atoms with E-state index in [0.717, 1.165) is 50.5 Å². The van der Waals surface area contributed by atoms with Crippen molar-refractivity contribution in [2.24, 2.45) is 5.92 Å². The van der Waals surface area contributed by atoms with Crippen LogP contribution in [0.3, 0.4) is 0 Å². The summed E-state index contributed by atoms with van der Waals surface area (Å²) in [5.74, 6) is -0.742. The van der Waals surface area contributed by atoms with Crippen LogP contribution in [-0.4, -0.2) is 85.0 Å². The van der Waals surface area contributed by atoms with Crippen molar-refractivity contribution in [2.45, 2.75) is 71.4 Å². The van der Waals surface area contributed by atoms with Crippen molar-refractivity contribution in [1.82, 2.24) is 9.80 Å². The van der Waals surface area contributed by atoms with Crippen molar-refractivity contribution in [3.63, 3.8) is 0 Å². The lowest BCUT2D eigenvalue weighted by Gasteiger charge is -2.41. The van der Waals surface area contributed by atoms with Crippen LogP contribution in [0.25, 0.3) is 0 Å². The van der Waals surface area contributed by atoms with Crippen LogP contribution in [0.2, 0.25) is 0 Å². The minimum Gasteiger partial charge on any atom is -0.508 e. The van der Waals surface area contributed by atoms with Gasteiger partial charge in [-0.05, 0) is 77.1 Å². The number of benzene rings is 1. The molecule has 1 aromatic carbocycles. The maximum Gasteiger partial charge on any atom is 0.410 e. The maximum atomic E-state index is 12.1. The van der Waals surface area contributed by atoms with Crippen LogP contribution < -0.4 is 0 Å². The maximum absolute atomic E-state index is 12.1. The normalized spacial score (nSPS) is 16.5. The molecule has 0 unspecified atom stereocenters. The lowest BCUT2D eigenvalue weighted by molar-refractivity contribution is 0.0151. The van der Waals surface area contributed by atoms with Crippen LogP contribution in [0.5, 0.6) is 5.75 Å². The number of piperidine rings is 1. The van der Waals surface area contributed by atoms with Crippen LogP contribution in [0, 0.1) is 5.92 Å². The molecule has 0 atom stereocenters. The number of methoxy groups -OCH3 is 2. The van der Waals surface area contributed by atoms with Gasteiger partial charge in [-0.2, -0.15) is 0 Å². The van der Waals surface area contributed by atoms with Gasteiger partial charge in [-0.1, -0.05) is 13.3 Å². The molecule has 1 aliphatic carbocycles. The zero-order valence-electron chi connectivity index (χ0n) is 22.5. The second-order valence-electron chi connectivity index (χ2n) is 10.3. The van der Waals surface area contributed by atoms with E-state index in [1.807, 2.05) is 25.7 Å². The fourth-order valence-electron chi connectivity index (χ4n) is 4.34. The number of hydrogen-bond donors (Lipinski definition) is 1. The predicted molar refractivity (Wildman–Crippen MR) is 136 cm³/mol. The number of nitrogens with zero attached hydrogens (tertiary/aromatic N) is 2. The highest BCUT2D eigenvalue weighted by Crippen LogP contribution is 2.28. The largest absolute Gasteiger partial charge is 0.508 e. The number of ether oxygens (including phenoxy) is 3. The summed E-state index contributed by atoms with van der Waals surface area (Å²) in [6.07, 6.45) is 6.24. The summed E-state index contributed by atoms with van der Waals surface area (Å²) >= 11 is 0. The molecule has 0 aromatic heterocycles. The third-order valence-electron chi connectivity index (χ3n) is 6.57. The molecule has 2 fully saturated rings. The molecular weight excluding hydrogens is 464 g/mol. The van der Waals surface area contributed by atoms with E-state index in [4.69, 9.17) is 4.74 Å². The molecule has 1 saturated heterocycles. The lowest BCUT2D eigenvalue weighted by atomic mass is 9.89. The Hall–Kier alpha value is -2.81. The molecular formula is C27H42N2O7. The molecule has 36 heavy (non-hydrogen) atoms. The Morgan fingerprint density at radius 2 is 1.58 bits per heavy atom. The Balaban J connectivity index is 0.000000269. The van der Waals surface area contributed by atoms with Gasteiger partial charge in [0.2, 0.25) is 0 Å². The van der Waals surface area contributed by atoms with Crippen LogP contribution in [0.1, 0.15) is 80.5 Å². The van der Waals surface area contributed by atoms with E-state index < -0.39 is 17.5 Å². The smallest absolute Gasteiger partial charge is 0.410 e. The SMILES string of the molecule is CCN(CC1CCN(C(=O)OC(C)(C)C)CC1)C1CCC1.COC(=O)c1ccc(O)cc1C(=O)OC. The van der Waals surface area contributed by atoms with Crippen LogP contribution >= 0.6 is 0 Å². The van der Waals surface area contributed by atoms with Gasteiger partial charge in [-0.15, -0.1) is 0 Å². The number of rotatable bonds is 6. The molecule has 1 N–H and O–H groups in total. The molecule has 1 aliphatic heterocycles. The van der Waals surface area contributed by atoms with Gasteiger partial charge in [-0.3, -0.25) is 0 Å². The summed E-state index contributed by atoms with van der Waals surface area (Å²) < 4.78 is 14.4. The Kier molecular flexibility index (Phi) is 11.0. The van der Waals surface area contributed by atoms with Gasteiger partial charge in [0.25, 0.3) is 0 Å². The van der Waals surface area contributed by atoms with Crippen molar-refractivity contribution in [2.75, 3.05) is 40.4 Å². The Labute approximate surface area is 214 Å². The average Bonchev–Trinajstić information content (AvgIpc) is 2.81. The molecule has 202 valence electrons. The molecule has 1 heterocycles. The van der Waals surface area contributed by atoms with Gasteiger partial charge in [-0.25, -0.2) is 14.4 Å². The first-order valence-electron chi connectivity index (χ1n) is 12.7. The molecule has 0 spiro atoms. The molecule has 1 aromatic rings. The summed E-state index contributed by atoms with van der Waals surface area (Å²) in [5, 5.41) is 9.18. The number of hydrogen-bond acceptors (Lipinski definition) is 8. The first kappa shape index (κ1) is 29.4. The van der Waals surface area contributed by atoms with Gasteiger partial charge < -0.3 is 29.1 Å². The molecule has 1 saturated carbocycles. The second kappa shape index (κ2) is 13.5. The number of phenols is 1. The minimum absolute atomic E-state index is 0.0237. The van der Waals surface area contributed by atoms with E-state index in [9.17, 15) is 19.5 Å². The van der Waals surface area contributed by atoms with Crippen LogP contribution in [0.4, 0.5) is 4.79 Å². The number of aromatic hydroxyl groups is 1. The monoisotopic (exact) mass is 506 g/mol. The molecule has 0 radical (unpaired) electrons. The Morgan fingerprint density at radius 1 is 1.00 bits per heavy atom. The van der Waals surface area contributed by atoms with Gasteiger partial charge in [0.05, 0.1) is 25.3 Å². The van der Waals surface area contributed by atoms with E-state index in [2.05, 4.69) is 21.3 Å². The summed E-state index contributed by atoms with van der Waals surface area (Å²) in [6.45, 7) is 12.1. The first-order valence-corrected chi connectivity index (χ1v) is 12.7. The minimum atomic E-state index is -0.702. The molecule has 3 rings (SSSR count). The third-order valence-corrected chi connectivity index (χ3v) is 6.57. The number of likely N-dealkylation sites (tertiary alicyclic amines) is 1. The summed E-state index contributed by atoms with van der Waals surface area (Å²) in [4.78, 5) is 39.1. The van der Waals surface area contributed by atoms with Gasteiger partial charge in [0.15, 0.2) is 0 Å². The molecule has 9 nitrogen and oxygen atoms in total. The zero-order valence-corrected chi connectivity index (χ0v) is 22.5. The van der Waals surface area contributed by atoms with Gasteiger partial charge in [0, 0.05) is 25.7 Å². The van der Waals surface area contributed by atoms with E-state index in [-0.39, 0.29) is 23.0 Å². The van der Waals surface area contributed by atoms with Crippen molar-refractivity contribution < 1.29 is 33.7 Å². The second-order valence-corrected chi connectivity index (χ2v) is 10.3. The van der Waals surface area contributed by atoms with Crippen molar-refractivity contribution >= 4 is 18.0 Å². The molecule has 2 aliphatic rings.